The van der Waals surface area contributed by atoms with E-state index in [1.165, 1.54) is 6.26 Å². The number of rotatable bonds is 4. The van der Waals surface area contributed by atoms with Crippen molar-refractivity contribution in [1.29, 1.82) is 0 Å². The average molecular weight is 256 g/mol. The third-order valence-corrected chi connectivity index (χ3v) is 4.23. The van der Waals surface area contributed by atoms with E-state index in [2.05, 4.69) is 13.8 Å². The molecular weight excluding hydrogens is 236 g/mol. The molecule has 1 atom stereocenters. The summed E-state index contributed by atoms with van der Waals surface area (Å²) in [6, 6.07) is 5.42. The molecule has 0 saturated heterocycles. The van der Waals surface area contributed by atoms with E-state index in [1.807, 2.05) is 18.0 Å². The molecule has 17 heavy (non-hydrogen) atoms. The fourth-order valence-electron chi connectivity index (χ4n) is 1.67. The van der Waals surface area contributed by atoms with Crippen LogP contribution in [0, 0.1) is 0 Å². The lowest BCUT2D eigenvalue weighted by Gasteiger charge is -2.27. The fourth-order valence-corrected chi connectivity index (χ4v) is 2.50. The maximum Gasteiger partial charge on any atom is 0.177 e. The number of nitrogen functional groups attached to an aromatic ring is 1. The van der Waals surface area contributed by atoms with Gasteiger partial charge in [0.25, 0.3) is 0 Å². The molecule has 1 aromatic rings. The number of benzene rings is 1. The Bertz CT molecular complexity index is 497. The number of anilines is 2. The summed E-state index contributed by atoms with van der Waals surface area (Å²) < 4.78 is 23.1. The van der Waals surface area contributed by atoms with Crippen molar-refractivity contribution in [2.24, 2.45) is 0 Å². The molecule has 2 N–H and O–H groups in total. The normalized spacial score (nSPS) is 13.4. The highest BCUT2D eigenvalue weighted by atomic mass is 32.2. The van der Waals surface area contributed by atoms with Crippen LogP contribution in [0.2, 0.25) is 0 Å². The van der Waals surface area contributed by atoms with Gasteiger partial charge >= 0.3 is 0 Å². The maximum absolute atomic E-state index is 11.6. The second kappa shape index (κ2) is 4.96. The minimum absolute atomic E-state index is 0.199. The molecule has 1 aromatic carbocycles. The molecule has 0 aliphatic carbocycles. The van der Waals surface area contributed by atoms with Crippen LogP contribution in [0.5, 0.6) is 0 Å². The quantitative estimate of drug-likeness (QED) is 0.836. The topological polar surface area (TPSA) is 63.4 Å². The average Bonchev–Trinajstić information content (AvgIpc) is 2.25. The van der Waals surface area contributed by atoms with Crippen LogP contribution in [0.4, 0.5) is 11.4 Å². The molecule has 0 saturated carbocycles. The summed E-state index contributed by atoms with van der Waals surface area (Å²) in [4.78, 5) is 2.20. The van der Waals surface area contributed by atoms with Crippen LogP contribution in [0.3, 0.4) is 0 Å². The highest BCUT2D eigenvalue weighted by Gasteiger charge is 2.17. The standard InChI is InChI=1S/C12H20N2O2S/c1-5-9(2)14(3)10-7-6-8-11(12(10)13)17(4,15)16/h6-9H,5,13H2,1-4H3. The monoisotopic (exact) mass is 256 g/mol. The molecule has 0 spiro atoms. The van der Waals surface area contributed by atoms with Crippen molar-refractivity contribution < 1.29 is 8.42 Å². The Hall–Kier alpha value is -1.23. The first-order chi connectivity index (χ1) is 7.79. The molecule has 0 aliphatic rings. The molecule has 96 valence electrons. The van der Waals surface area contributed by atoms with E-state index in [4.69, 9.17) is 5.73 Å². The highest BCUT2D eigenvalue weighted by Crippen LogP contribution is 2.30. The van der Waals surface area contributed by atoms with Gasteiger partial charge in [-0.15, -0.1) is 0 Å². The molecule has 0 aliphatic heterocycles. The van der Waals surface area contributed by atoms with E-state index in [0.29, 0.717) is 11.7 Å². The van der Waals surface area contributed by atoms with Gasteiger partial charge in [-0.05, 0) is 25.5 Å². The Morgan fingerprint density at radius 1 is 1.41 bits per heavy atom. The Morgan fingerprint density at radius 3 is 2.47 bits per heavy atom. The van der Waals surface area contributed by atoms with Crippen molar-refractivity contribution in [1.82, 2.24) is 0 Å². The van der Waals surface area contributed by atoms with Crippen molar-refractivity contribution in [3.8, 4) is 0 Å². The van der Waals surface area contributed by atoms with Crippen LogP contribution in [0.1, 0.15) is 20.3 Å². The molecule has 0 amide bonds. The first-order valence-electron chi connectivity index (χ1n) is 5.60. The minimum Gasteiger partial charge on any atom is -0.396 e. The molecule has 1 rings (SSSR count). The lowest BCUT2D eigenvalue weighted by Crippen LogP contribution is -2.29. The summed E-state index contributed by atoms with van der Waals surface area (Å²) in [6.45, 7) is 4.16. The number of hydrogen-bond donors (Lipinski definition) is 1. The summed E-state index contributed by atoms with van der Waals surface area (Å²) in [5.74, 6) is 0. The van der Waals surface area contributed by atoms with E-state index in [9.17, 15) is 8.42 Å². The third kappa shape index (κ3) is 2.91. The zero-order chi connectivity index (χ0) is 13.2. The predicted octanol–water partition coefficient (Wildman–Crippen LogP) is 1.91. The molecule has 0 heterocycles. The van der Waals surface area contributed by atoms with Gasteiger partial charge in [0.15, 0.2) is 9.84 Å². The summed E-state index contributed by atoms with van der Waals surface area (Å²) in [6.07, 6.45) is 2.14. The molecular formula is C12H20N2O2S. The number of sulfone groups is 1. The maximum atomic E-state index is 11.6. The molecule has 4 nitrogen and oxygen atoms in total. The van der Waals surface area contributed by atoms with Gasteiger partial charge in [-0.1, -0.05) is 13.0 Å². The number of para-hydroxylation sites is 1. The number of hydrogen-bond acceptors (Lipinski definition) is 4. The van der Waals surface area contributed by atoms with Crippen molar-refractivity contribution >= 4 is 21.2 Å². The van der Waals surface area contributed by atoms with Crippen LogP contribution in [0.15, 0.2) is 23.1 Å². The van der Waals surface area contributed by atoms with Crippen LogP contribution < -0.4 is 10.6 Å². The largest absolute Gasteiger partial charge is 0.396 e. The van der Waals surface area contributed by atoms with Crippen LogP contribution in [-0.4, -0.2) is 27.8 Å². The molecule has 0 aromatic heterocycles. The zero-order valence-electron chi connectivity index (χ0n) is 10.8. The van der Waals surface area contributed by atoms with Crippen molar-refractivity contribution in [3.05, 3.63) is 18.2 Å². The summed E-state index contributed by atoms with van der Waals surface area (Å²) >= 11 is 0. The second-order valence-electron chi connectivity index (χ2n) is 4.33. The molecule has 0 fully saturated rings. The second-order valence-corrected chi connectivity index (χ2v) is 6.31. The zero-order valence-corrected chi connectivity index (χ0v) is 11.6. The summed E-state index contributed by atoms with van der Waals surface area (Å²) in [5, 5.41) is 0. The predicted molar refractivity (Wildman–Crippen MR) is 72.1 cm³/mol. The Kier molecular flexibility index (Phi) is 4.03. The first-order valence-corrected chi connectivity index (χ1v) is 7.49. The Balaban J connectivity index is 3.29. The SMILES string of the molecule is CCC(C)N(C)c1cccc(S(C)(=O)=O)c1N. The first kappa shape index (κ1) is 13.8. The molecule has 1 unspecified atom stereocenters. The van der Waals surface area contributed by atoms with E-state index < -0.39 is 9.84 Å². The van der Waals surface area contributed by atoms with E-state index in [1.54, 1.807) is 12.1 Å². The molecule has 0 radical (unpaired) electrons. The van der Waals surface area contributed by atoms with Gasteiger partial charge in [-0.25, -0.2) is 8.42 Å². The Morgan fingerprint density at radius 2 is 2.00 bits per heavy atom. The third-order valence-electron chi connectivity index (χ3n) is 3.07. The van der Waals surface area contributed by atoms with Crippen LogP contribution in [-0.2, 0) is 9.84 Å². The van der Waals surface area contributed by atoms with Gasteiger partial charge in [0, 0.05) is 19.3 Å². The van der Waals surface area contributed by atoms with Crippen molar-refractivity contribution in [2.75, 3.05) is 23.9 Å². The smallest absolute Gasteiger partial charge is 0.177 e. The van der Waals surface area contributed by atoms with E-state index in [-0.39, 0.29) is 4.90 Å². The number of nitrogens with two attached hydrogens (primary N) is 1. The summed E-state index contributed by atoms with van der Waals surface area (Å²) in [5.41, 5.74) is 7.04. The van der Waals surface area contributed by atoms with E-state index >= 15 is 0 Å². The van der Waals surface area contributed by atoms with Crippen LogP contribution in [0.25, 0.3) is 0 Å². The number of nitrogens with zero attached hydrogens (tertiary/aromatic N) is 1. The molecule has 0 bridgehead atoms. The van der Waals surface area contributed by atoms with Gasteiger partial charge in [0.2, 0.25) is 0 Å². The summed E-state index contributed by atoms with van der Waals surface area (Å²) in [7, 11) is -1.35. The van der Waals surface area contributed by atoms with Gasteiger partial charge in [0.05, 0.1) is 16.3 Å². The fraction of sp³-hybridized carbons (Fsp3) is 0.500. The van der Waals surface area contributed by atoms with Crippen molar-refractivity contribution in [2.45, 2.75) is 31.2 Å². The van der Waals surface area contributed by atoms with Crippen molar-refractivity contribution in [3.63, 3.8) is 0 Å². The Labute approximate surface area is 103 Å². The van der Waals surface area contributed by atoms with Gasteiger partial charge in [0.1, 0.15) is 0 Å². The lowest BCUT2D eigenvalue weighted by atomic mass is 10.2. The van der Waals surface area contributed by atoms with Gasteiger partial charge < -0.3 is 10.6 Å². The van der Waals surface area contributed by atoms with Gasteiger partial charge in [-0.3, -0.25) is 0 Å². The van der Waals surface area contributed by atoms with Gasteiger partial charge in [-0.2, -0.15) is 0 Å². The highest BCUT2D eigenvalue weighted by molar-refractivity contribution is 7.90. The van der Waals surface area contributed by atoms with E-state index in [0.717, 1.165) is 12.1 Å². The lowest BCUT2D eigenvalue weighted by molar-refractivity contribution is 0.602. The minimum atomic E-state index is -3.27. The van der Waals surface area contributed by atoms with Crippen LogP contribution >= 0.6 is 0 Å². The molecule has 5 heteroatoms.